The van der Waals surface area contributed by atoms with E-state index >= 15 is 0 Å². The summed E-state index contributed by atoms with van der Waals surface area (Å²) in [4.78, 5) is 0. The molecule has 0 amide bonds. The molecule has 1 saturated heterocycles. The van der Waals surface area contributed by atoms with Gasteiger partial charge in [-0.2, -0.15) is 5.26 Å². The minimum absolute atomic E-state index is 0.00597. The Bertz CT molecular complexity index is 1080. The van der Waals surface area contributed by atoms with Gasteiger partial charge in [-0.25, -0.2) is 0 Å². The molecule has 1 aromatic heterocycles. The zero-order valence-electron chi connectivity index (χ0n) is 17.9. The van der Waals surface area contributed by atoms with Crippen molar-refractivity contribution in [1.29, 1.82) is 5.26 Å². The van der Waals surface area contributed by atoms with Crippen molar-refractivity contribution < 1.29 is 14.2 Å². The van der Waals surface area contributed by atoms with Crippen LogP contribution in [0.5, 0.6) is 0 Å². The molecular weight excluding hydrogens is 388 g/mol. The molecule has 1 aliphatic rings. The Hall–Kier alpha value is -2.91. The number of benzene rings is 2. The van der Waals surface area contributed by atoms with Gasteiger partial charge in [0.2, 0.25) is 0 Å². The number of nitrogens with zero attached hydrogens (tertiary/aromatic N) is 2. The van der Waals surface area contributed by atoms with Gasteiger partial charge >= 0.3 is 0 Å². The van der Waals surface area contributed by atoms with E-state index in [0.717, 1.165) is 53.6 Å². The number of hydrogen-bond donors (Lipinski definition) is 0. The van der Waals surface area contributed by atoms with Gasteiger partial charge in [0.1, 0.15) is 0 Å². The number of para-hydroxylation sites is 1. The molecule has 1 aliphatic heterocycles. The highest BCUT2D eigenvalue weighted by atomic mass is 16.7. The lowest BCUT2D eigenvalue weighted by atomic mass is 10.0. The van der Waals surface area contributed by atoms with E-state index in [1.165, 1.54) is 0 Å². The standard InChI is InChI=1S/C26H28N2O3/c1-28-24-12-6-5-11-22(24)23(26(28)21-9-3-2-4-10-21)17-20(18-27)19-29-14-7-8-15-30-25-13-16-31-25/h2-6,9-12,17,25H,7-8,13-16,19H2,1H3/b20-17+. The molecule has 5 heteroatoms. The monoisotopic (exact) mass is 416 g/mol. The Labute approximate surface area is 183 Å². The maximum Gasteiger partial charge on any atom is 0.159 e. The highest BCUT2D eigenvalue weighted by Gasteiger charge is 2.18. The Morgan fingerprint density at radius 3 is 2.61 bits per heavy atom. The second kappa shape index (κ2) is 10.4. The Kier molecular flexibility index (Phi) is 7.16. The lowest BCUT2D eigenvalue weighted by molar-refractivity contribution is -0.215. The quantitative estimate of drug-likeness (QED) is 0.332. The van der Waals surface area contributed by atoms with Crippen LogP contribution < -0.4 is 0 Å². The first-order valence-corrected chi connectivity index (χ1v) is 10.8. The van der Waals surface area contributed by atoms with Crippen molar-refractivity contribution in [1.82, 2.24) is 4.57 Å². The minimum atomic E-state index is -0.00597. The summed E-state index contributed by atoms with van der Waals surface area (Å²) in [6, 6.07) is 20.9. The van der Waals surface area contributed by atoms with Crippen LogP contribution >= 0.6 is 0 Å². The molecule has 160 valence electrons. The summed E-state index contributed by atoms with van der Waals surface area (Å²) in [5.41, 5.74) is 5.04. The molecule has 1 atom stereocenters. The predicted molar refractivity (Wildman–Crippen MR) is 122 cm³/mol. The van der Waals surface area contributed by atoms with Gasteiger partial charge in [-0.1, -0.05) is 48.5 Å². The molecule has 4 rings (SSSR count). The highest BCUT2D eigenvalue weighted by molar-refractivity contribution is 5.98. The summed E-state index contributed by atoms with van der Waals surface area (Å²) in [7, 11) is 2.07. The predicted octanol–water partition coefficient (Wildman–Crippen LogP) is 5.31. The topological polar surface area (TPSA) is 56.4 Å². The van der Waals surface area contributed by atoms with Crippen LogP contribution in [0.4, 0.5) is 0 Å². The van der Waals surface area contributed by atoms with E-state index in [2.05, 4.69) is 41.9 Å². The average Bonchev–Trinajstić information content (AvgIpc) is 3.05. The van der Waals surface area contributed by atoms with Crippen LogP contribution in [-0.2, 0) is 21.3 Å². The lowest BCUT2D eigenvalue weighted by Gasteiger charge is -2.26. The van der Waals surface area contributed by atoms with Gasteiger partial charge in [-0.3, -0.25) is 0 Å². The van der Waals surface area contributed by atoms with Gasteiger partial charge in [-0.05, 0) is 30.5 Å². The van der Waals surface area contributed by atoms with Crippen LogP contribution in [-0.4, -0.2) is 37.3 Å². The summed E-state index contributed by atoms with van der Waals surface area (Å²) in [6.45, 7) is 2.40. The molecule has 31 heavy (non-hydrogen) atoms. The molecule has 1 unspecified atom stereocenters. The fourth-order valence-electron chi connectivity index (χ4n) is 3.84. The Morgan fingerprint density at radius 2 is 1.87 bits per heavy atom. The lowest BCUT2D eigenvalue weighted by Crippen LogP contribution is -2.29. The van der Waals surface area contributed by atoms with Gasteiger partial charge in [0.15, 0.2) is 6.29 Å². The SMILES string of the molecule is Cn1c(-c2ccccc2)c(/C=C(\C#N)COCCCCOC2CCO2)c2ccccc21. The fourth-order valence-corrected chi connectivity index (χ4v) is 3.84. The normalized spacial score (nSPS) is 16.3. The zero-order valence-corrected chi connectivity index (χ0v) is 17.9. The van der Waals surface area contributed by atoms with Crippen molar-refractivity contribution in [2.45, 2.75) is 25.6 Å². The summed E-state index contributed by atoms with van der Waals surface area (Å²) in [6.07, 6.45) is 4.78. The number of ether oxygens (including phenoxy) is 3. The van der Waals surface area contributed by atoms with Crippen molar-refractivity contribution in [2.75, 3.05) is 26.4 Å². The molecule has 2 aromatic carbocycles. The van der Waals surface area contributed by atoms with Gasteiger partial charge in [0.05, 0.1) is 30.6 Å². The van der Waals surface area contributed by atoms with Crippen molar-refractivity contribution in [3.8, 4) is 17.3 Å². The largest absolute Gasteiger partial charge is 0.376 e. The number of hydrogen-bond acceptors (Lipinski definition) is 4. The van der Waals surface area contributed by atoms with Crippen LogP contribution in [0.25, 0.3) is 28.2 Å². The number of fused-ring (bicyclic) bond motifs is 1. The molecular formula is C26H28N2O3. The van der Waals surface area contributed by atoms with Crippen LogP contribution in [0.1, 0.15) is 24.8 Å². The van der Waals surface area contributed by atoms with Gasteiger partial charge in [0.25, 0.3) is 0 Å². The molecule has 0 bridgehead atoms. The molecule has 5 nitrogen and oxygen atoms in total. The maximum atomic E-state index is 9.72. The van der Waals surface area contributed by atoms with Crippen LogP contribution in [0.2, 0.25) is 0 Å². The number of unbranched alkanes of at least 4 members (excludes halogenated alkanes) is 1. The van der Waals surface area contributed by atoms with E-state index < -0.39 is 0 Å². The summed E-state index contributed by atoms with van der Waals surface area (Å²) in [5.74, 6) is 0. The molecule has 0 saturated carbocycles. The number of rotatable bonds is 10. The van der Waals surface area contributed by atoms with Gasteiger partial charge < -0.3 is 18.8 Å². The van der Waals surface area contributed by atoms with E-state index in [-0.39, 0.29) is 6.29 Å². The van der Waals surface area contributed by atoms with E-state index in [1.807, 2.05) is 36.4 Å². The summed E-state index contributed by atoms with van der Waals surface area (Å²) >= 11 is 0. The smallest absolute Gasteiger partial charge is 0.159 e. The van der Waals surface area contributed by atoms with Gasteiger partial charge in [0, 0.05) is 43.1 Å². The van der Waals surface area contributed by atoms with Gasteiger partial charge in [-0.15, -0.1) is 0 Å². The van der Waals surface area contributed by atoms with Crippen LogP contribution in [0.3, 0.4) is 0 Å². The number of aryl methyl sites for hydroxylation is 1. The fraction of sp³-hybridized carbons (Fsp3) is 0.346. The highest BCUT2D eigenvalue weighted by Crippen LogP contribution is 2.34. The van der Waals surface area contributed by atoms with Crippen molar-refractivity contribution in [3.63, 3.8) is 0 Å². The molecule has 0 radical (unpaired) electrons. The van der Waals surface area contributed by atoms with Crippen LogP contribution in [0, 0.1) is 11.3 Å². The van der Waals surface area contributed by atoms with Crippen molar-refractivity contribution >= 4 is 17.0 Å². The third-order valence-electron chi connectivity index (χ3n) is 5.56. The molecule has 0 aliphatic carbocycles. The molecule has 0 N–H and O–H groups in total. The molecule has 0 spiro atoms. The molecule has 1 fully saturated rings. The first kappa shape index (κ1) is 21.3. The van der Waals surface area contributed by atoms with Crippen molar-refractivity contribution in [2.24, 2.45) is 7.05 Å². The first-order chi connectivity index (χ1) is 15.3. The Balaban J connectivity index is 1.46. The zero-order chi connectivity index (χ0) is 21.5. The minimum Gasteiger partial charge on any atom is -0.376 e. The maximum absolute atomic E-state index is 9.72. The third-order valence-corrected chi connectivity index (χ3v) is 5.56. The second-order valence-corrected chi connectivity index (χ2v) is 7.71. The average molecular weight is 417 g/mol. The molecule has 3 aromatic rings. The molecule has 2 heterocycles. The van der Waals surface area contributed by atoms with E-state index in [9.17, 15) is 5.26 Å². The van der Waals surface area contributed by atoms with E-state index in [4.69, 9.17) is 14.2 Å². The first-order valence-electron chi connectivity index (χ1n) is 10.8. The van der Waals surface area contributed by atoms with Crippen LogP contribution in [0.15, 0.2) is 60.2 Å². The number of aromatic nitrogens is 1. The third kappa shape index (κ3) is 5.05. The van der Waals surface area contributed by atoms with E-state index in [0.29, 0.717) is 25.4 Å². The number of nitriles is 1. The van der Waals surface area contributed by atoms with Crippen molar-refractivity contribution in [3.05, 3.63) is 65.7 Å². The summed E-state index contributed by atoms with van der Waals surface area (Å²) in [5, 5.41) is 10.9. The Morgan fingerprint density at radius 1 is 1.13 bits per heavy atom. The second-order valence-electron chi connectivity index (χ2n) is 7.71. The summed E-state index contributed by atoms with van der Waals surface area (Å²) < 4.78 is 18.8. The van der Waals surface area contributed by atoms with E-state index in [1.54, 1.807) is 0 Å².